The molecule has 4 bridgehead atoms. The molecule has 0 radical (unpaired) electrons. The van der Waals surface area contributed by atoms with Crippen molar-refractivity contribution >= 4 is 11.9 Å². The number of hydrogen-bond acceptors (Lipinski definition) is 6. The summed E-state index contributed by atoms with van der Waals surface area (Å²) in [6, 6.07) is 17.1. The summed E-state index contributed by atoms with van der Waals surface area (Å²) in [4.78, 5) is 22.5. The second-order valence-electron chi connectivity index (χ2n) is 10.7. The standard InChI is InChI=1S/C32H36O6/c1-3-30(33)37-15-13-35-28-9-5-24(6-10-28)32(26-18-22-17-23(20-26)21-27(32)19-22)25-7-11-29(12-8-25)36-14-16-38-31(34)4-2/h3-12,22-23,26-27H,1-2,13-21H2. The molecule has 2 aromatic carbocycles. The zero-order chi connectivity index (χ0) is 26.5. The van der Waals surface area contributed by atoms with Gasteiger partial charge in [0.2, 0.25) is 0 Å². The molecule has 2 aromatic rings. The lowest BCUT2D eigenvalue weighted by atomic mass is 9.42. The first-order chi connectivity index (χ1) is 18.5. The summed E-state index contributed by atoms with van der Waals surface area (Å²) in [7, 11) is 0. The molecule has 6 heteroatoms. The molecule has 200 valence electrons. The van der Waals surface area contributed by atoms with Crippen LogP contribution in [-0.2, 0) is 24.5 Å². The molecule has 0 saturated heterocycles. The van der Waals surface area contributed by atoms with Gasteiger partial charge in [0, 0.05) is 17.6 Å². The zero-order valence-electron chi connectivity index (χ0n) is 21.8. The molecule has 0 amide bonds. The van der Waals surface area contributed by atoms with Crippen LogP contribution in [0.1, 0.15) is 43.2 Å². The van der Waals surface area contributed by atoms with E-state index in [1.165, 1.54) is 43.2 Å². The van der Waals surface area contributed by atoms with Gasteiger partial charge in [0.05, 0.1) is 0 Å². The lowest BCUT2D eigenvalue weighted by molar-refractivity contribution is -0.139. The molecule has 0 aromatic heterocycles. The highest BCUT2D eigenvalue weighted by Crippen LogP contribution is 2.65. The highest BCUT2D eigenvalue weighted by molar-refractivity contribution is 5.81. The van der Waals surface area contributed by atoms with Crippen molar-refractivity contribution in [2.75, 3.05) is 26.4 Å². The third-order valence-corrected chi connectivity index (χ3v) is 8.62. The maximum Gasteiger partial charge on any atom is 0.330 e. The molecule has 0 heterocycles. The number of benzene rings is 2. The van der Waals surface area contributed by atoms with Crippen molar-refractivity contribution in [2.45, 2.75) is 37.5 Å². The van der Waals surface area contributed by atoms with Crippen LogP contribution >= 0.6 is 0 Å². The molecule has 0 spiro atoms. The zero-order valence-corrected chi connectivity index (χ0v) is 21.8. The Labute approximate surface area is 224 Å². The lowest BCUT2D eigenvalue weighted by Gasteiger charge is -2.62. The predicted molar refractivity (Wildman–Crippen MR) is 144 cm³/mol. The first-order valence-electron chi connectivity index (χ1n) is 13.6. The quantitative estimate of drug-likeness (QED) is 0.206. The maximum atomic E-state index is 11.2. The van der Waals surface area contributed by atoms with Gasteiger partial charge in [-0.2, -0.15) is 0 Å². The fourth-order valence-electron chi connectivity index (χ4n) is 7.41. The van der Waals surface area contributed by atoms with E-state index in [-0.39, 0.29) is 18.6 Å². The SMILES string of the molecule is C=CC(=O)OCCOc1ccc(C2(c3ccc(OCCOC(=O)C=C)cc3)C3CC4CC(C3)CC2C4)cc1. The van der Waals surface area contributed by atoms with E-state index in [0.717, 1.165) is 35.5 Å². The second-order valence-corrected chi connectivity index (χ2v) is 10.7. The Hall–Kier alpha value is -3.54. The van der Waals surface area contributed by atoms with Crippen LogP contribution in [0.25, 0.3) is 0 Å². The van der Waals surface area contributed by atoms with Crippen LogP contribution in [-0.4, -0.2) is 38.4 Å². The Morgan fingerprint density at radius 3 is 1.42 bits per heavy atom. The van der Waals surface area contributed by atoms with Crippen molar-refractivity contribution in [3.05, 3.63) is 85.0 Å². The Morgan fingerprint density at radius 1 is 0.658 bits per heavy atom. The molecule has 0 N–H and O–H groups in total. The van der Waals surface area contributed by atoms with Gasteiger partial charge in [0.15, 0.2) is 0 Å². The smallest absolute Gasteiger partial charge is 0.330 e. The second kappa shape index (κ2) is 11.5. The number of carbonyl (C=O) groups is 2. The molecule has 0 unspecified atom stereocenters. The summed E-state index contributed by atoms with van der Waals surface area (Å²) in [5.41, 5.74) is 2.67. The molecule has 0 aliphatic heterocycles. The van der Waals surface area contributed by atoms with Gasteiger partial charge in [-0.15, -0.1) is 0 Å². The van der Waals surface area contributed by atoms with Gasteiger partial charge in [-0.05, 0) is 91.2 Å². The monoisotopic (exact) mass is 516 g/mol. The molecular formula is C32H36O6. The van der Waals surface area contributed by atoms with Crippen LogP contribution in [0.3, 0.4) is 0 Å². The molecular weight excluding hydrogens is 480 g/mol. The largest absolute Gasteiger partial charge is 0.490 e. The predicted octanol–water partition coefficient (Wildman–Crippen LogP) is 5.64. The number of ether oxygens (including phenoxy) is 4. The van der Waals surface area contributed by atoms with Crippen LogP contribution in [0.4, 0.5) is 0 Å². The fourth-order valence-corrected chi connectivity index (χ4v) is 7.41. The maximum absolute atomic E-state index is 11.2. The Morgan fingerprint density at radius 2 is 1.05 bits per heavy atom. The summed E-state index contributed by atoms with van der Waals surface area (Å²) in [6.45, 7) is 7.78. The molecule has 4 fully saturated rings. The van der Waals surface area contributed by atoms with E-state index >= 15 is 0 Å². The van der Waals surface area contributed by atoms with Crippen molar-refractivity contribution < 1.29 is 28.5 Å². The molecule has 4 saturated carbocycles. The summed E-state index contributed by atoms with van der Waals surface area (Å²) in [5, 5.41) is 0. The lowest BCUT2D eigenvalue weighted by Crippen LogP contribution is -2.56. The van der Waals surface area contributed by atoms with E-state index in [0.29, 0.717) is 25.0 Å². The van der Waals surface area contributed by atoms with Gasteiger partial charge in [0.1, 0.15) is 37.9 Å². The van der Waals surface area contributed by atoms with E-state index in [1.54, 1.807) is 0 Å². The summed E-state index contributed by atoms with van der Waals surface area (Å²) in [6.07, 6.45) is 8.84. The molecule has 4 aliphatic carbocycles. The van der Waals surface area contributed by atoms with Gasteiger partial charge in [-0.3, -0.25) is 0 Å². The van der Waals surface area contributed by atoms with E-state index in [9.17, 15) is 9.59 Å². The minimum absolute atomic E-state index is 0.0243. The molecule has 6 nitrogen and oxygen atoms in total. The van der Waals surface area contributed by atoms with Crippen LogP contribution in [0.15, 0.2) is 73.8 Å². The average molecular weight is 517 g/mol. The third-order valence-electron chi connectivity index (χ3n) is 8.62. The topological polar surface area (TPSA) is 71.1 Å². The molecule has 4 aliphatic rings. The Balaban J connectivity index is 1.34. The van der Waals surface area contributed by atoms with Crippen molar-refractivity contribution in [3.63, 3.8) is 0 Å². The van der Waals surface area contributed by atoms with E-state index in [2.05, 4.69) is 37.4 Å². The number of hydrogen-bond donors (Lipinski definition) is 0. The summed E-state index contributed by atoms with van der Waals surface area (Å²) in [5.74, 6) is 3.59. The number of esters is 2. The average Bonchev–Trinajstić information content (AvgIpc) is 2.94. The molecule has 6 rings (SSSR count). The molecule has 0 atom stereocenters. The van der Waals surface area contributed by atoms with Gasteiger partial charge >= 0.3 is 11.9 Å². The summed E-state index contributed by atoms with van der Waals surface area (Å²) < 4.78 is 21.7. The summed E-state index contributed by atoms with van der Waals surface area (Å²) >= 11 is 0. The van der Waals surface area contributed by atoms with E-state index in [1.807, 2.05) is 24.3 Å². The number of carbonyl (C=O) groups excluding carboxylic acids is 2. The van der Waals surface area contributed by atoms with Crippen LogP contribution in [0, 0.1) is 23.7 Å². The van der Waals surface area contributed by atoms with E-state index < -0.39 is 11.9 Å². The van der Waals surface area contributed by atoms with Crippen molar-refractivity contribution in [2.24, 2.45) is 23.7 Å². The van der Waals surface area contributed by atoms with Crippen molar-refractivity contribution in [1.82, 2.24) is 0 Å². The highest BCUT2D eigenvalue weighted by atomic mass is 16.6. The third kappa shape index (κ3) is 5.22. The normalized spacial score (nSPS) is 24.3. The van der Waals surface area contributed by atoms with Gasteiger partial charge in [-0.25, -0.2) is 9.59 Å². The van der Waals surface area contributed by atoms with Crippen molar-refractivity contribution in [1.29, 1.82) is 0 Å². The minimum Gasteiger partial charge on any atom is -0.490 e. The van der Waals surface area contributed by atoms with E-state index in [4.69, 9.17) is 18.9 Å². The Bertz CT molecular complexity index is 1050. The van der Waals surface area contributed by atoms with Crippen LogP contribution in [0.5, 0.6) is 11.5 Å². The van der Waals surface area contributed by atoms with Gasteiger partial charge in [0.25, 0.3) is 0 Å². The number of rotatable bonds is 12. The minimum atomic E-state index is -0.444. The van der Waals surface area contributed by atoms with Crippen LogP contribution < -0.4 is 9.47 Å². The highest BCUT2D eigenvalue weighted by Gasteiger charge is 2.58. The Kier molecular flexibility index (Phi) is 7.87. The first kappa shape index (κ1) is 26.1. The van der Waals surface area contributed by atoms with Gasteiger partial charge in [-0.1, -0.05) is 37.4 Å². The molecule has 38 heavy (non-hydrogen) atoms. The van der Waals surface area contributed by atoms with Gasteiger partial charge < -0.3 is 18.9 Å². The first-order valence-corrected chi connectivity index (χ1v) is 13.6. The van der Waals surface area contributed by atoms with Crippen LogP contribution in [0.2, 0.25) is 0 Å². The fraction of sp³-hybridized carbons (Fsp3) is 0.438. The van der Waals surface area contributed by atoms with Crippen molar-refractivity contribution in [3.8, 4) is 11.5 Å².